The Morgan fingerprint density at radius 2 is 2.05 bits per heavy atom. The van der Waals surface area contributed by atoms with Crippen LogP contribution < -0.4 is 10.6 Å². The minimum atomic E-state index is -0.251. The zero-order chi connectivity index (χ0) is 15.8. The lowest BCUT2D eigenvalue weighted by Gasteiger charge is -2.21. The van der Waals surface area contributed by atoms with Crippen LogP contribution in [-0.2, 0) is 5.41 Å². The molecule has 0 radical (unpaired) electrons. The number of benzene rings is 1. The van der Waals surface area contributed by atoms with Crippen LogP contribution in [0.4, 0.5) is 11.4 Å². The van der Waals surface area contributed by atoms with Crippen molar-refractivity contribution in [1.29, 1.82) is 0 Å². The van der Waals surface area contributed by atoms with Crippen LogP contribution in [0.15, 0.2) is 18.2 Å². The Kier molecular flexibility index (Phi) is 4.20. The fourth-order valence-corrected chi connectivity index (χ4v) is 2.91. The van der Waals surface area contributed by atoms with Gasteiger partial charge in [0.15, 0.2) is 0 Å². The first-order valence-corrected chi connectivity index (χ1v) is 7.53. The molecule has 0 saturated heterocycles. The van der Waals surface area contributed by atoms with E-state index in [0.717, 1.165) is 11.5 Å². The van der Waals surface area contributed by atoms with Crippen molar-refractivity contribution < 1.29 is 4.79 Å². The summed E-state index contributed by atoms with van der Waals surface area (Å²) in [7, 11) is 1.66. The Labute approximate surface area is 132 Å². The number of amides is 1. The maximum Gasteiger partial charge on any atom is 0.271 e. The van der Waals surface area contributed by atoms with Gasteiger partial charge in [0.2, 0.25) is 0 Å². The highest BCUT2D eigenvalue weighted by atomic mass is 35.5. The number of nitrogen functional groups attached to an aromatic ring is 1. The third kappa shape index (κ3) is 3.16. The molecule has 1 aromatic heterocycles. The van der Waals surface area contributed by atoms with Gasteiger partial charge in [-0.25, -0.2) is 0 Å². The number of aromatic nitrogens is 2. The van der Waals surface area contributed by atoms with E-state index in [-0.39, 0.29) is 11.3 Å². The molecule has 1 aromatic carbocycles. The zero-order valence-electron chi connectivity index (χ0n) is 12.3. The van der Waals surface area contributed by atoms with Crippen molar-refractivity contribution >= 4 is 40.4 Å². The second kappa shape index (κ2) is 5.61. The molecule has 0 spiro atoms. The van der Waals surface area contributed by atoms with Crippen molar-refractivity contribution in [3.63, 3.8) is 0 Å². The lowest BCUT2D eigenvalue weighted by atomic mass is 9.91. The van der Waals surface area contributed by atoms with Crippen LogP contribution in [0.2, 0.25) is 5.02 Å². The molecule has 0 atom stereocenters. The first-order chi connectivity index (χ1) is 9.71. The molecule has 0 aliphatic heterocycles. The Morgan fingerprint density at radius 3 is 2.67 bits per heavy atom. The summed E-state index contributed by atoms with van der Waals surface area (Å²) in [4.78, 5) is 14.7. The van der Waals surface area contributed by atoms with Crippen molar-refractivity contribution in [2.24, 2.45) is 0 Å². The van der Waals surface area contributed by atoms with Gasteiger partial charge in [0, 0.05) is 17.5 Å². The lowest BCUT2D eigenvalue weighted by molar-refractivity contribution is 0.0994. The summed E-state index contributed by atoms with van der Waals surface area (Å²) in [5, 5.41) is 4.61. The first kappa shape index (κ1) is 15.7. The fourth-order valence-electron chi connectivity index (χ4n) is 1.89. The summed E-state index contributed by atoms with van der Waals surface area (Å²) >= 11 is 7.07. The smallest absolute Gasteiger partial charge is 0.271 e. The number of carbonyl (C=O) groups excluding carboxylic acids is 1. The van der Waals surface area contributed by atoms with Crippen LogP contribution >= 0.6 is 23.1 Å². The molecule has 0 bridgehead atoms. The largest absolute Gasteiger partial charge is 0.397 e. The highest BCUT2D eigenvalue weighted by Gasteiger charge is 2.28. The van der Waals surface area contributed by atoms with Crippen LogP contribution in [0, 0.1) is 0 Å². The van der Waals surface area contributed by atoms with Gasteiger partial charge in [-0.3, -0.25) is 4.79 Å². The van der Waals surface area contributed by atoms with E-state index in [1.165, 1.54) is 4.90 Å². The minimum absolute atomic E-state index is 0.191. The number of nitrogens with two attached hydrogens (primary N) is 1. The van der Waals surface area contributed by atoms with Gasteiger partial charge in [0.1, 0.15) is 4.88 Å². The van der Waals surface area contributed by atoms with E-state index in [9.17, 15) is 4.79 Å². The second-order valence-corrected chi connectivity index (χ2v) is 6.96. The topological polar surface area (TPSA) is 72.1 Å². The van der Waals surface area contributed by atoms with E-state index in [1.807, 2.05) is 20.8 Å². The van der Waals surface area contributed by atoms with Gasteiger partial charge in [-0.1, -0.05) is 36.9 Å². The Hall–Kier alpha value is -1.66. The van der Waals surface area contributed by atoms with E-state index < -0.39 is 0 Å². The lowest BCUT2D eigenvalue weighted by Crippen LogP contribution is -2.29. The molecular weight excluding hydrogens is 308 g/mol. The summed E-state index contributed by atoms with van der Waals surface area (Å²) in [5.74, 6) is -0.191. The summed E-state index contributed by atoms with van der Waals surface area (Å²) in [6.45, 7) is 5.98. The van der Waals surface area contributed by atoms with Gasteiger partial charge < -0.3 is 10.6 Å². The van der Waals surface area contributed by atoms with E-state index in [0.29, 0.717) is 27.0 Å². The molecule has 21 heavy (non-hydrogen) atoms. The van der Waals surface area contributed by atoms with Gasteiger partial charge in [0.25, 0.3) is 5.91 Å². The second-order valence-electron chi connectivity index (χ2n) is 5.77. The van der Waals surface area contributed by atoms with Gasteiger partial charge in [-0.15, -0.1) is 5.10 Å². The number of halogens is 1. The maximum absolute atomic E-state index is 12.7. The molecule has 112 valence electrons. The van der Waals surface area contributed by atoms with Crippen molar-refractivity contribution in [3.8, 4) is 0 Å². The van der Waals surface area contributed by atoms with Gasteiger partial charge >= 0.3 is 0 Å². The standard InChI is InChI=1S/C14H17ClN4OS/c1-14(2,3)12-11(21-18-17-12)13(20)19(4)10-7-8(15)5-6-9(10)16/h5-7H,16H2,1-4H3. The normalized spacial score (nSPS) is 11.5. The monoisotopic (exact) mass is 324 g/mol. The number of hydrogen-bond acceptors (Lipinski definition) is 5. The quantitative estimate of drug-likeness (QED) is 0.860. The predicted octanol–water partition coefficient (Wildman–Crippen LogP) is 3.35. The summed E-state index contributed by atoms with van der Waals surface area (Å²) in [5.41, 5.74) is 7.42. The molecule has 2 aromatic rings. The van der Waals surface area contributed by atoms with Crippen molar-refractivity contribution in [1.82, 2.24) is 9.59 Å². The summed E-state index contributed by atoms with van der Waals surface area (Å²) in [6.07, 6.45) is 0. The average Bonchev–Trinajstić information content (AvgIpc) is 2.89. The molecule has 0 aliphatic rings. The Balaban J connectivity index is 2.41. The highest BCUT2D eigenvalue weighted by Crippen LogP contribution is 2.31. The van der Waals surface area contributed by atoms with Crippen molar-refractivity contribution in [3.05, 3.63) is 33.8 Å². The maximum atomic E-state index is 12.7. The van der Waals surface area contributed by atoms with Crippen LogP contribution in [0.1, 0.15) is 36.1 Å². The molecule has 0 saturated carbocycles. The van der Waals surface area contributed by atoms with E-state index in [4.69, 9.17) is 17.3 Å². The number of anilines is 2. The minimum Gasteiger partial charge on any atom is -0.397 e. The molecule has 7 heteroatoms. The SMILES string of the molecule is CN(C(=O)c1snnc1C(C)(C)C)c1cc(Cl)ccc1N. The average molecular weight is 325 g/mol. The van der Waals surface area contributed by atoms with Crippen molar-refractivity contribution in [2.45, 2.75) is 26.2 Å². The number of carbonyl (C=O) groups is 1. The predicted molar refractivity (Wildman–Crippen MR) is 87.2 cm³/mol. The van der Waals surface area contributed by atoms with Gasteiger partial charge in [-0.05, 0) is 29.7 Å². The molecular formula is C14H17ClN4OS. The molecule has 0 unspecified atom stereocenters. The molecule has 2 N–H and O–H groups in total. The molecule has 0 aliphatic carbocycles. The number of hydrogen-bond donors (Lipinski definition) is 1. The molecule has 1 heterocycles. The molecule has 0 fully saturated rings. The van der Waals surface area contributed by atoms with Crippen LogP contribution in [-0.4, -0.2) is 22.5 Å². The Bertz CT molecular complexity index is 678. The third-order valence-electron chi connectivity index (χ3n) is 3.05. The van der Waals surface area contributed by atoms with E-state index in [1.54, 1.807) is 25.2 Å². The molecule has 5 nitrogen and oxygen atoms in total. The number of rotatable bonds is 2. The summed E-state index contributed by atoms with van der Waals surface area (Å²) in [6, 6.07) is 5.03. The Morgan fingerprint density at radius 1 is 1.38 bits per heavy atom. The number of nitrogens with zero attached hydrogens (tertiary/aromatic N) is 3. The summed E-state index contributed by atoms with van der Waals surface area (Å²) < 4.78 is 3.91. The van der Waals surface area contributed by atoms with Gasteiger partial charge in [0.05, 0.1) is 17.1 Å². The van der Waals surface area contributed by atoms with E-state index >= 15 is 0 Å². The van der Waals surface area contributed by atoms with Gasteiger partial charge in [-0.2, -0.15) is 0 Å². The first-order valence-electron chi connectivity index (χ1n) is 6.37. The molecule has 2 rings (SSSR count). The highest BCUT2D eigenvalue weighted by molar-refractivity contribution is 7.08. The van der Waals surface area contributed by atoms with Crippen molar-refractivity contribution in [2.75, 3.05) is 17.7 Å². The third-order valence-corrected chi connectivity index (χ3v) is 4.00. The molecule has 1 amide bonds. The van der Waals surface area contributed by atoms with E-state index in [2.05, 4.69) is 9.59 Å². The fraction of sp³-hybridized carbons (Fsp3) is 0.357. The van der Waals surface area contributed by atoms with Crippen LogP contribution in [0.5, 0.6) is 0 Å². The zero-order valence-corrected chi connectivity index (χ0v) is 13.9. The van der Waals surface area contributed by atoms with Crippen LogP contribution in [0.3, 0.4) is 0 Å². The van der Waals surface area contributed by atoms with Crippen LogP contribution in [0.25, 0.3) is 0 Å².